The van der Waals surface area contributed by atoms with Gasteiger partial charge < -0.3 is 20.2 Å². The van der Waals surface area contributed by atoms with Gasteiger partial charge in [-0.3, -0.25) is 9.59 Å². The molecule has 2 aromatic rings. The number of para-hydroxylation sites is 1. The molecule has 0 saturated carbocycles. The highest BCUT2D eigenvalue weighted by atomic mass is 16.5. The smallest absolute Gasteiger partial charge is 0.286 e. The predicted molar refractivity (Wildman–Crippen MR) is 83.6 cm³/mol. The summed E-state index contributed by atoms with van der Waals surface area (Å²) in [6, 6.07) is 6.98. The molecule has 0 spiro atoms. The summed E-state index contributed by atoms with van der Waals surface area (Å²) in [4.78, 5) is 23.7. The number of nitrogens with two attached hydrogens (primary N) is 1. The molecule has 0 aliphatic rings. The van der Waals surface area contributed by atoms with Crippen molar-refractivity contribution in [2.24, 2.45) is 5.73 Å². The van der Waals surface area contributed by atoms with Crippen LogP contribution in [0.15, 0.2) is 41.3 Å². The van der Waals surface area contributed by atoms with E-state index in [-0.39, 0.29) is 17.4 Å². The van der Waals surface area contributed by atoms with Gasteiger partial charge in [0.2, 0.25) is 5.76 Å². The maximum Gasteiger partial charge on any atom is 0.286 e. The molecule has 0 bridgehead atoms. The maximum atomic E-state index is 12.2. The summed E-state index contributed by atoms with van der Waals surface area (Å²) in [6.45, 7) is 5.61. The molecule has 3 N–H and O–H groups in total. The van der Waals surface area contributed by atoms with Crippen LogP contribution in [0.2, 0.25) is 0 Å². The second kappa shape index (κ2) is 6.91. The van der Waals surface area contributed by atoms with Crippen molar-refractivity contribution in [3.63, 3.8) is 0 Å². The molecule has 1 unspecified atom stereocenters. The third-order valence-electron chi connectivity index (χ3n) is 3.13. The summed E-state index contributed by atoms with van der Waals surface area (Å²) in [5.74, 6) is -1.20. The van der Waals surface area contributed by atoms with Gasteiger partial charge in [-0.05, 0) is 25.5 Å². The van der Waals surface area contributed by atoms with Crippen LogP contribution in [0.1, 0.15) is 23.9 Å². The number of nitrogens with one attached hydrogen (secondary N) is 1. The number of hydrogen-bond acceptors (Lipinski definition) is 4. The standard InChI is InChI=1S/C16H18N2O4/c1-3-4-9-21-10(2)16(20)18-13-11-7-5-6-8-12(11)22-14(13)15(17)19/h3,5-8,10H,1,4,9H2,2H3,(H2,17,19)(H,18,20). The van der Waals surface area contributed by atoms with Gasteiger partial charge in [0, 0.05) is 5.39 Å². The third-order valence-corrected chi connectivity index (χ3v) is 3.13. The summed E-state index contributed by atoms with van der Waals surface area (Å²) < 4.78 is 10.8. The van der Waals surface area contributed by atoms with Crippen LogP contribution in [0.25, 0.3) is 11.0 Å². The molecular formula is C16H18N2O4. The molecule has 0 fully saturated rings. The lowest BCUT2D eigenvalue weighted by Crippen LogP contribution is -2.29. The average Bonchev–Trinajstić information content (AvgIpc) is 2.86. The van der Waals surface area contributed by atoms with Crippen molar-refractivity contribution < 1.29 is 18.7 Å². The van der Waals surface area contributed by atoms with Gasteiger partial charge in [-0.2, -0.15) is 0 Å². The van der Waals surface area contributed by atoms with Crippen LogP contribution >= 0.6 is 0 Å². The molecule has 6 heteroatoms. The zero-order valence-corrected chi connectivity index (χ0v) is 12.3. The Kier molecular flexibility index (Phi) is 4.95. The summed E-state index contributed by atoms with van der Waals surface area (Å²) in [5, 5.41) is 3.27. The molecule has 116 valence electrons. The number of fused-ring (bicyclic) bond motifs is 1. The topological polar surface area (TPSA) is 94.6 Å². The normalized spacial score (nSPS) is 12.0. The van der Waals surface area contributed by atoms with Gasteiger partial charge >= 0.3 is 0 Å². The van der Waals surface area contributed by atoms with Gasteiger partial charge in [0.15, 0.2) is 0 Å². The number of ether oxygens (including phenoxy) is 1. The Morgan fingerprint density at radius 3 is 2.86 bits per heavy atom. The number of primary amides is 1. The number of benzene rings is 1. The minimum Gasteiger partial charge on any atom is -0.449 e. The number of hydrogen-bond donors (Lipinski definition) is 2. The van der Waals surface area contributed by atoms with Gasteiger partial charge in [0.1, 0.15) is 17.4 Å². The van der Waals surface area contributed by atoms with Crippen molar-refractivity contribution in [2.75, 3.05) is 11.9 Å². The van der Waals surface area contributed by atoms with E-state index in [4.69, 9.17) is 14.9 Å². The van der Waals surface area contributed by atoms with Gasteiger partial charge in [-0.1, -0.05) is 18.2 Å². The fraction of sp³-hybridized carbons (Fsp3) is 0.250. The Morgan fingerprint density at radius 2 is 2.18 bits per heavy atom. The third kappa shape index (κ3) is 3.35. The number of amides is 2. The Balaban J connectivity index is 2.22. The number of carbonyl (C=O) groups is 2. The van der Waals surface area contributed by atoms with E-state index in [2.05, 4.69) is 11.9 Å². The molecular weight excluding hydrogens is 284 g/mol. The monoisotopic (exact) mass is 302 g/mol. The molecule has 6 nitrogen and oxygen atoms in total. The van der Waals surface area contributed by atoms with Gasteiger partial charge in [0.05, 0.1) is 6.61 Å². The van der Waals surface area contributed by atoms with Gasteiger partial charge in [-0.15, -0.1) is 6.58 Å². The summed E-state index contributed by atoms with van der Waals surface area (Å²) in [6.07, 6.45) is 1.69. The minimum atomic E-state index is -0.744. The summed E-state index contributed by atoms with van der Waals surface area (Å²) >= 11 is 0. The van der Waals surface area contributed by atoms with Crippen molar-refractivity contribution in [3.8, 4) is 0 Å². The first kappa shape index (κ1) is 15.8. The zero-order chi connectivity index (χ0) is 16.1. The van der Waals surface area contributed by atoms with Crippen LogP contribution in [0.3, 0.4) is 0 Å². The Bertz CT molecular complexity index is 705. The van der Waals surface area contributed by atoms with Crippen LogP contribution in [-0.2, 0) is 9.53 Å². The maximum absolute atomic E-state index is 12.2. The van der Waals surface area contributed by atoms with Gasteiger partial charge in [0.25, 0.3) is 11.8 Å². The van der Waals surface area contributed by atoms with E-state index < -0.39 is 12.0 Å². The molecule has 2 rings (SSSR count). The minimum absolute atomic E-state index is 0.0761. The molecule has 2 amide bonds. The van der Waals surface area contributed by atoms with E-state index in [1.165, 1.54) is 0 Å². The molecule has 22 heavy (non-hydrogen) atoms. The number of carbonyl (C=O) groups excluding carboxylic acids is 2. The fourth-order valence-electron chi connectivity index (χ4n) is 1.97. The Morgan fingerprint density at radius 1 is 1.45 bits per heavy atom. The number of rotatable bonds is 7. The van der Waals surface area contributed by atoms with Gasteiger partial charge in [-0.25, -0.2) is 0 Å². The Labute approximate surface area is 127 Å². The molecule has 0 saturated heterocycles. The summed E-state index contributed by atoms with van der Waals surface area (Å²) in [5.41, 5.74) is 6.05. The zero-order valence-electron chi connectivity index (χ0n) is 12.3. The van der Waals surface area contributed by atoms with Crippen LogP contribution < -0.4 is 11.1 Å². The average molecular weight is 302 g/mol. The first-order chi connectivity index (χ1) is 10.5. The molecule has 0 aliphatic heterocycles. The first-order valence-electron chi connectivity index (χ1n) is 6.89. The van der Waals surface area contributed by atoms with Crippen molar-refractivity contribution in [3.05, 3.63) is 42.7 Å². The first-order valence-corrected chi connectivity index (χ1v) is 6.89. The van der Waals surface area contributed by atoms with Crippen LogP contribution in [-0.4, -0.2) is 24.5 Å². The Hall–Kier alpha value is -2.60. The van der Waals surface area contributed by atoms with Crippen molar-refractivity contribution in [1.82, 2.24) is 0 Å². The largest absolute Gasteiger partial charge is 0.449 e. The lowest BCUT2D eigenvalue weighted by atomic mass is 10.2. The van der Waals surface area contributed by atoms with Crippen LogP contribution in [0, 0.1) is 0 Å². The molecule has 1 atom stereocenters. The highest BCUT2D eigenvalue weighted by Gasteiger charge is 2.22. The number of anilines is 1. The highest BCUT2D eigenvalue weighted by molar-refractivity contribution is 6.11. The van der Waals surface area contributed by atoms with Crippen LogP contribution in [0.5, 0.6) is 0 Å². The van der Waals surface area contributed by atoms with Crippen molar-refractivity contribution >= 4 is 28.5 Å². The lowest BCUT2D eigenvalue weighted by Gasteiger charge is -2.12. The van der Waals surface area contributed by atoms with E-state index in [1.807, 2.05) is 0 Å². The highest BCUT2D eigenvalue weighted by Crippen LogP contribution is 2.30. The number of furan rings is 1. The molecule has 1 heterocycles. The quantitative estimate of drug-likeness (QED) is 0.606. The van der Waals surface area contributed by atoms with E-state index in [9.17, 15) is 9.59 Å². The molecule has 1 aromatic carbocycles. The van der Waals surface area contributed by atoms with Crippen molar-refractivity contribution in [1.29, 1.82) is 0 Å². The van der Waals surface area contributed by atoms with E-state index in [1.54, 1.807) is 37.3 Å². The molecule has 1 aromatic heterocycles. The van der Waals surface area contributed by atoms with Crippen molar-refractivity contribution in [2.45, 2.75) is 19.4 Å². The SMILES string of the molecule is C=CCCOC(C)C(=O)Nc1c(C(N)=O)oc2ccccc12. The van der Waals surface area contributed by atoms with E-state index in [0.717, 1.165) is 0 Å². The second-order valence-corrected chi connectivity index (χ2v) is 4.75. The second-order valence-electron chi connectivity index (χ2n) is 4.75. The fourth-order valence-corrected chi connectivity index (χ4v) is 1.97. The van der Waals surface area contributed by atoms with E-state index >= 15 is 0 Å². The predicted octanol–water partition coefficient (Wildman–Crippen LogP) is 2.45. The summed E-state index contributed by atoms with van der Waals surface area (Å²) in [7, 11) is 0. The van der Waals surface area contributed by atoms with Crippen LogP contribution in [0.4, 0.5) is 5.69 Å². The molecule has 0 radical (unpaired) electrons. The van der Waals surface area contributed by atoms with E-state index in [0.29, 0.717) is 24.0 Å². The molecule has 0 aliphatic carbocycles. The lowest BCUT2D eigenvalue weighted by molar-refractivity contribution is -0.126.